The molecule has 3 unspecified atom stereocenters. The number of rotatable bonds is 2. The molecule has 0 aromatic carbocycles. The molecule has 0 aliphatic carbocycles. The molecule has 1 saturated heterocycles. The first-order chi connectivity index (χ1) is 13.0. The summed E-state index contributed by atoms with van der Waals surface area (Å²) in [6.07, 6.45) is 2.20. The van der Waals surface area contributed by atoms with Crippen molar-refractivity contribution in [2.75, 3.05) is 23.3 Å². The van der Waals surface area contributed by atoms with Crippen LogP contribution in [-0.2, 0) is 4.79 Å². The lowest BCUT2D eigenvalue weighted by atomic mass is 9.82. The number of aromatic nitrogens is 2. The summed E-state index contributed by atoms with van der Waals surface area (Å²) in [6.45, 7) is 5.76. The number of nitriles is 1. The molecule has 140 valence electrons. The Morgan fingerprint density at radius 2 is 2.22 bits per heavy atom. The molecule has 1 amide bonds. The van der Waals surface area contributed by atoms with Gasteiger partial charge in [-0.15, -0.1) is 11.3 Å². The smallest absolute Gasteiger partial charge is 0.258 e. The van der Waals surface area contributed by atoms with E-state index in [9.17, 15) is 14.9 Å². The second-order valence-corrected chi connectivity index (χ2v) is 8.33. The van der Waals surface area contributed by atoms with Crippen LogP contribution in [0.15, 0.2) is 16.2 Å². The Hall–Kier alpha value is -2.66. The minimum atomic E-state index is -0.946. The Labute approximate surface area is 161 Å². The molecule has 1 fully saturated rings. The molecule has 2 aromatic heterocycles. The van der Waals surface area contributed by atoms with E-state index in [0.29, 0.717) is 17.4 Å². The minimum Gasteiger partial charge on any atom is -0.342 e. The number of carbonyl (C=O) groups excluding carboxylic acids is 1. The lowest BCUT2D eigenvalue weighted by Crippen LogP contribution is -2.41. The van der Waals surface area contributed by atoms with Crippen LogP contribution in [0.4, 0.5) is 11.8 Å². The molecule has 0 spiro atoms. The molecule has 0 radical (unpaired) electrons. The molecule has 27 heavy (non-hydrogen) atoms. The van der Waals surface area contributed by atoms with Crippen molar-refractivity contribution in [3.63, 3.8) is 0 Å². The van der Waals surface area contributed by atoms with Crippen LogP contribution in [-0.4, -0.2) is 29.0 Å². The van der Waals surface area contributed by atoms with Gasteiger partial charge in [0.15, 0.2) is 0 Å². The number of piperidine rings is 1. The summed E-state index contributed by atoms with van der Waals surface area (Å²) in [7, 11) is 0. The molecule has 8 heteroatoms. The van der Waals surface area contributed by atoms with E-state index in [-0.39, 0.29) is 11.4 Å². The van der Waals surface area contributed by atoms with E-state index >= 15 is 0 Å². The Morgan fingerprint density at radius 3 is 2.89 bits per heavy atom. The van der Waals surface area contributed by atoms with Crippen molar-refractivity contribution < 1.29 is 4.79 Å². The Kier molecular flexibility index (Phi) is 4.48. The summed E-state index contributed by atoms with van der Waals surface area (Å²) >= 11 is 1.46. The van der Waals surface area contributed by atoms with Crippen LogP contribution < -0.4 is 15.8 Å². The van der Waals surface area contributed by atoms with E-state index < -0.39 is 17.7 Å². The average Bonchev–Trinajstić information content (AvgIpc) is 3.06. The number of fused-ring (bicyclic) bond motifs is 1. The Bertz CT molecular complexity index is 989. The fourth-order valence-electron chi connectivity index (χ4n) is 4.02. The minimum absolute atomic E-state index is 0.279. The van der Waals surface area contributed by atoms with Crippen LogP contribution in [0.3, 0.4) is 0 Å². The van der Waals surface area contributed by atoms with Gasteiger partial charge < -0.3 is 10.2 Å². The highest BCUT2D eigenvalue weighted by Gasteiger charge is 2.41. The third-order valence-corrected chi connectivity index (χ3v) is 6.49. The Balaban J connectivity index is 1.84. The summed E-state index contributed by atoms with van der Waals surface area (Å²) in [6, 6.07) is 4.01. The van der Waals surface area contributed by atoms with Crippen molar-refractivity contribution in [2.24, 2.45) is 11.8 Å². The fourth-order valence-corrected chi connectivity index (χ4v) is 5.09. The summed E-state index contributed by atoms with van der Waals surface area (Å²) in [5.41, 5.74) is 1.06. The first kappa shape index (κ1) is 17.7. The van der Waals surface area contributed by atoms with Crippen LogP contribution in [0.2, 0.25) is 0 Å². The van der Waals surface area contributed by atoms with Gasteiger partial charge in [0.2, 0.25) is 11.9 Å². The van der Waals surface area contributed by atoms with Crippen molar-refractivity contribution in [2.45, 2.75) is 32.6 Å². The number of hydrogen-bond acceptors (Lipinski definition) is 6. The van der Waals surface area contributed by atoms with Crippen molar-refractivity contribution in [1.29, 1.82) is 5.26 Å². The van der Waals surface area contributed by atoms with Gasteiger partial charge in [-0.25, -0.2) is 0 Å². The second kappa shape index (κ2) is 6.82. The number of nitrogens with zero attached hydrogens (tertiary/aromatic N) is 3. The molecule has 0 bridgehead atoms. The van der Waals surface area contributed by atoms with Crippen molar-refractivity contribution in [1.82, 2.24) is 9.97 Å². The predicted molar refractivity (Wildman–Crippen MR) is 104 cm³/mol. The van der Waals surface area contributed by atoms with Gasteiger partial charge in [0.25, 0.3) is 5.56 Å². The zero-order valence-electron chi connectivity index (χ0n) is 15.3. The number of anilines is 2. The number of hydrogen-bond donors (Lipinski definition) is 2. The average molecular weight is 383 g/mol. The van der Waals surface area contributed by atoms with E-state index in [1.165, 1.54) is 11.3 Å². The summed E-state index contributed by atoms with van der Waals surface area (Å²) < 4.78 is 0. The first-order valence-electron chi connectivity index (χ1n) is 9.13. The predicted octanol–water partition coefficient (Wildman–Crippen LogP) is 2.60. The van der Waals surface area contributed by atoms with Gasteiger partial charge in [-0.1, -0.05) is 6.92 Å². The van der Waals surface area contributed by atoms with E-state index in [1.54, 1.807) is 0 Å². The highest BCUT2D eigenvalue weighted by Crippen LogP contribution is 2.41. The molecule has 2 aliphatic rings. The van der Waals surface area contributed by atoms with Gasteiger partial charge in [0.05, 0.1) is 17.6 Å². The molecule has 3 atom stereocenters. The maximum Gasteiger partial charge on any atom is 0.258 e. The molecule has 7 nitrogen and oxygen atoms in total. The van der Waals surface area contributed by atoms with Crippen LogP contribution >= 0.6 is 11.3 Å². The monoisotopic (exact) mass is 383 g/mol. The lowest BCUT2D eigenvalue weighted by Gasteiger charge is -2.33. The maximum absolute atomic E-state index is 13.0. The van der Waals surface area contributed by atoms with E-state index in [0.717, 1.165) is 36.4 Å². The maximum atomic E-state index is 13.0. The second-order valence-electron chi connectivity index (χ2n) is 7.39. The third-order valence-electron chi connectivity index (χ3n) is 5.39. The van der Waals surface area contributed by atoms with Crippen LogP contribution in [0.5, 0.6) is 0 Å². The SMILES string of the molecule is Cc1ccsc1C1c2c(nc(N3CCCC(C)C3)[nH]c2=O)NC(=O)C1C#N. The van der Waals surface area contributed by atoms with Crippen LogP contribution in [0, 0.1) is 30.1 Å². The molecule has 4 rings (SSSR count). The first-order valence-corrected chi connectivity index (χ1v) is 10.0. The molecule has 2 N–H and O–H groups in total. The number of nitrogens with one attached hydrogen (secondary N) is 2. The zero-order valence-corrected chi connectivity index (χ0v) is 16.1. The number of aromatic amines is 1. The third kappa shape index (κ3) is 3.02. The summed E-state index contributed by atoms with van der Waals surface area (Å²) in [5.74, 6) is -0.648. The van der Waals surface area contributed by atoms with E-state index in [2.05, 4.69) is 33.2 Å². The molecule has 0 saturated carbocycles. The van der Waals surface area contributed by atoms with Gasteiger partial charge >= 0.3 is 0 Å². The number of H-pyrrole nitrogens is 1. The number of carbonyl (C=O) groups is 1. The highest BCUT2D eigenvalue weighted by atomic mass is 32.1. The summed E-state index contributed by atoms with van der Waals surface area (Å²) in [5, 5.41) is 14.2. The number of aryl methyl sites for hydroxylation is 1. The van der Waals surface area contributed by atoms with Crippen LogP contribution in [0.25, 0.3) is 0 Å². The van der Waals surface area contributed by atoms with Crippen LogP contribution in [0.1, 0.15) is 41.7 Å². The fraction of sp³-hybridized carbons (Fsp3) is 0.474. The highest BCUT2D eigenvalue weighted by molar-refractivity contribution is 7.10. The quantitative estimate of drug-likeness (QED) is 0.830. The molecule has 4 heterocycles. The number of amides is 1. The lowest BCUT2D eigenvalue weighted by molar-refractivity contribution is -0.119. The van der Waals surface area contributed by atoms with Gasteiger partial charge in [-0.2, -0.15) is 10.2 Å². The standard InChI is InChI=1S/C19H21N5O2S/c1-10-4-3-6-24(9-10)19-22-16-14(18(26)23-19)13(12(8-20)17(25)21-16)15-11(2)5-7-27-15/h5,7,10,12-13H,3-4,6,9H2,1-2H3,(H2,21,22,23,25,26). The van der Waals surface area contributed by atoms with Crippen molar-refractivity contribution in [3.05, 3.63) is 37.8 Å². The molecule has 2 aromatic rings. The van der Waals surface area contributed by atoms with Gasteiger partial charge in [-0.3, -0.25) is 14.6 Å². The van der Waals surface area contributed by atoms with Crippen molar-refractivity contribution >= 4 is 29.0 Å². The van der Waals surface area contributed by atoms with E-state index in [1.807, 2.05) is 18.4 Å². The van der Waals surface area contributed by atoms with E-state index in [4.69, 9.17) is 0 Å². The molecule has 2 aliphatic heterocycles. The van der Waals surface area contributed by atoms with Crippen molar-refractivity contribution in [3.8, 4) is 6.07 Å². The molecular weight excluding hydrogens is 362 g/mol. The van der Waals surface area contributed by atoms with Gasteiger partial charge in [-0.05, 0) is 42.7 Å². The Morgan fingerprint density at radius 1 is 1.41 bits per heavy atom. The summed E-state index contributed by atoms with van der Waals surface area (Å²) in [4.78, 5) is 36.0. The van der Waals surface area contributed by atoms with Gasteiger partial charge in [0.1, 0.15) is 11.7 Å². The topological polar surface area (TPSA) is 102 Å². The van der Waals surface area contributed by atoms with Gasteiger partial charge in [0, 0.05) is 18.0 Å². The largest absolute Gasteiger partial charge is 0.342 e. The molecular formula is C19H21N5O2S. The zero-order chi connectivity index (χ0) is 19.1. The number of thiophene rings is 1. The normalized spacial score (nSPS) is 24.9.